The van der Waals surface area contributed by atoms with Gasteiger partial charge in [-0.2, -0.15) is 5.10 Å². The molecule has 7 heteroatoms. The van der Waals surface area contributed by atoms with Crippen LogP contribution in [0.15, 0.2) is 64.0 Å². The third-order valence-corrected chi connectivity index (χ3v) is 7.08. The molecule has 1 saturated carbocycles. The highest BCUT2D eigenvalue weighted by molar-refractivity contribution is 7.07. The van der Waals surface area contributed by atoms with Crippen LogP contribution in [0.5, 0.6) is 0 Å². The maximum Gasteiger partial charge on any atom is 0.270 e. The van der Waals surface area contributed by atoms with Gasteiger partial charge in [-0.1, -0.05) is 38.1 Å². The van der Waals surface area contributed by atoms with E-state index in [9.17, 15) is 10.1 Å². The second-order valence-electron chi connectivity index (χ2n) is 8.14. The van der Waals surface area contributed by atoms with Crippen molar-refractivity contribution in [2.45, 2.75) is 26.7 Å². The molecule has 0 spiro atoms. The van der Waals surface area contributed by atoms with Gasteiger partial charge in [-0.05, 0) is 35.7 Å². The summed E-state index contributed by atoms with van der Waals surface area (Å²) in [5.74, 6) is 1.32. The van der Waals surface area contributed by atoms with Crippen LogP contribution >= 0.6 is 11.3 Å². The summed E-state index contributed by atoms with van der Waals surface area (Å²) in [4.78, 5) is 16.1. The van der Waals surface area contributed by atoms with Crippen molar-refractivity contribution in [3.63, 3.8) is 0 Å². The van der Waals surface area contributed by atoms with E-state index in [1.807, 2.05) is 17.7 Å². The third kappa shape index (κ3) is 3.51. The minimum absolute atomic E-state index is 0.0612. The second kappa shape index (κ2) is 7.55. The first kappa shape index (κ1) is 19.5. The van der Waals surface area contributed by atoms with E-state index in [1.54, 1.807) is 22.9 Å². The lowest BCUT2D eigenvalue weighted by atomic mass is 9.49. The Morgan fingerprint density at radius 2 is 2.28 bits per heavy atom. The number of benzene rings is 1. The van der Waals surface area contributed by atoms with E-state index >= 15 is 0 Å². The largest absolute Gasteiger partial charge is 0.270 e. The number of thiazole rings is 1. The molecule has 0 amide bonds. The van der Waals surface area contributed by atoms with Crippen molar-refractivity contribution < 1.29 is 4.92 Å². The quantitative estimate of drug-likeness (QED) is 0.291. The summed E-state index contributed by atoms with van der Waals surface area (Å²) in [5.41, 5.74) is 3.20. The molecule has 2 bridgehead atoms. The van der Waals surface area contributed by atoms with Gasteiger partial charge >= 0.3 is 0 Å². The van der Waals surface area contributed by atoms with Crippen molar-refractivity contribution in [3.8, 4) is 11.3 Å². The Bertz CT molecular complexity index is 1090. The van der Waals surface area contributed by atoms with Crippen molar-refractivity contribution >= 4 is 23.2 Å². The summed E-state index contributed by atoms with van der Waals surface area (Å²) in [5, 5.41) is 17.9. The number of rotatable bonds is 6. The van der Waals surface area contributed by atoms with E-state index in [0.29, 0.717) is 17.9 Å². The number of hydrogen-bond donors (Lipinski definition) is 0. The molecule has 1 heterocycles. The lowest BCUT2D eigenvalue weighted by Gasteiger charge is -2.55. The van der Waals surface area contributed by atoms with Gasteiger partial charge in [0.25, 0.3) is 5.69 Å². The fourth-order valence-electron chi connectivity index (χ4n) is 4.31. The number of aromatic nitrogens is 1. The average Bonchev–Trinajstić information content (AvgIpc) is 3.13. The molecular weight excluding hydrogens is 384 g/mol. The maximum absolute atomic E-state index is 11.2. The molecule has 2 atom stereocenters. The zero-order valence-corrected chi connectivity index (χ0v) is 17.4. The van der Waals surface area contributed by atoms with Crippen molar-refractivity contribution in [2.75, 3.05) is 6.54 Å². The SMILES string of the molecule is C=CCN=c1scc(-c2cccc([N+](=O)[O-])c2)n1N=CC1=CCC2CC1C2(C)C. The summed E-state index contributed by atoms with van der Waals surface area (Å²) in [6.07, 6.45) is 8.31. The molecular formula is C22H24N4O2S. The summed E-state index contributed by atoms with van der Waals surface area (Å²) < 4.78 is 1.78. The van der Waals surface area contributed by atoms with Crippen molar-refractivity contribution in [1.82, 2.24) is 4.68 Å². The van der Waals surface area contributed by atoms with Crippen molar-refractivity contribution in [2.24, 2.45) is 27.3 Å². The molecule has 6 nitrogen and oxygen atoms in total. The molecule has 2 aromatic rings. The number of fused-ring (bicyclic) bond motifs is 1. The van der Waals surface area contributed by atoms with E-state index in [1.165, 1.54) is 29.4 Å². The molecule has 150 valence electrons. The molecule has 1 fully saturated rings. The van der Waals surface area contributed by atoms with Crippen molar-refractivity contribution in [3.05, 3.63) is 68.9 Å². The van der Waals surface area contributed by atoms with Gasteiger partial charge in [0.1, 0.15) is 0 Å². The van der Waals surface area contributed by atoms with Gasteiger partial charge in [-0.15, -0.1) is 17.9 Å². The predicted octanol–water partition coefficient (Wildman–Crippen LogP) is 5.04. The van der Waals surface area contributed by atoms with E-state index in [-0.39, 0.29) is 10.6 Å². The van der Waals surface area contributed by atoms with Crippen LogP contribution in [0.3, 0.4) is 0 Å². The van der Waals surface area contributed by atoms with Gasteiger partial charge in [-0.3, -0.25) is 15.1 Å². The van der Waals surface area contributed by atoms with Crippen LogP contribution in [0.25, 0.3) is 11.3 Å². The summed E-state index contributed by atoms with van der Waals surface area (Å²) in [7, 11) is 0. The molecule has 3 aliphatic rings. The molecule has 5 rings (SSSR count). The topological polar surface area (TPSA) is 72.8 Å². The van der Waals surface area contributed by atoms with Crippen LogP contribution in [0, 0.1) is 27.4 Å². The first-order valence-corrected chi connectivity index (χ1v) is 10.6. The first-order chi connectivity index (χ1) is 13.9. The predicted molar refractivity (Wildman–Crippen MR) is 117 cm³/mol. The number of nitro groups is 1. The van der Waals surface area contributed by atoms with Crippen LogP contribution < -0.4 is 4.80 Å². The fourth-order valence-corrected chi connectivity index (χ4v) is 5.16. The Kier molecular flexibility index (Phi) is 5.08. The van der Waals surface area contributed by atoms with Gasteiger partial charge in [0, 0.05) is 23.1 Å². The number of nitro benzene ring substituents is 1. The van der Waals surface area contributed by atoms with E-state index in [0.717, 1.165) is 28.4 Å². The van der Waals surface area contributed by atoms with Gasteiger partial charge in [0.2, 0.25) is 4.80 Å². The molecule has 1 aromatic carbocycles. The Morgan fingerprint density at radius 1 is 1.45 bits per heavy atom. The van der Waals surface area contributed by atoms with Crippen LogP contribution in [-0.2, 0) is 0 Å². The van der Waals surface area contributed by atoms with Gasteiger partial charge < -0.3 is 0 Å². The summed E-state index contributed by atoms with van der Waals surface area (Å²) in [6, 6.07) is 6.62. The third-order valence-electron chi connectivity index (χ3n) is 6.23. The molecule has 29 heavy (non-hydrogen) atoms. The van der Waals surface area contributed by atoms with E-state index in [4.69, 9.17) is 5.10 Å². The number of nitrogens with zero attached hydrogens (tertiary/aromatic N) is 4. The highest BCUT2D eigenvalue weighted by Gasteiger charge is 2.50. The lowest BCUT2D eigenvalue weighted by Crippen LogP contribution is -2.48. The number of allylic oxidation sites excluding steroid dienone is 2. The highest BCUT2D eigenvalue weighted by atomic mass is 32.1. The summed E-state index contributed by atoms with van der Waals surface area (Å²) in [6.45, 7) is 8.90. The van der Waals surface area contributed by atoms with Gasteiger partial charge in [0.15, 0.2) is 0 Å². The molecule has 0 radical (unpaired) electrons. The molecule has 1 aromatic heterocycles. The molecule has 2 unspecified atom stereocenters. The minimum Gasteiger partial charge on any atom is -0.258 e. The second-order valence-corrected chi connectivity index (χ2v) is 8.98. The molecule has 0 N–H and O–H groups in total. The monoisotopic (exact) mass is 408 g/mol. The highest BCUT2D eigenvalue weighted by Crippen LogP contribution is 2.58. The van der Waals surface area contributed by atoms with Crippen LogP contribution in [0.1, 0.15) is 26.7 Å². The molecule has 0 aliphatic heterocycles. The van der Waals surface area contributed by atoms with Gasteiger partial charge in [-0.25, -0.2) is 4.68 Å². The fraction of sp³-hybridized carbons (Fsp3) is 0.364. The van der Waals surface area contributed by atoms with Gasteiger partial charge in [0.05, 0.1) is 23.4 Å². The molecule has 3 aliphatic carbocycles. The smallest absolute Gasteiger partial charge is 0.258 e. The summed E-state index contributed by atoms with van der Waals surface area (Å²) >= 11 is 1.47. The number of hydrogen-bond acceptors (Lipinski definition) is 5. The zero-order chi connectivity index (χ0) is 20.6. The average molecular weight is 409 g/mol. The normalized spacial score (nSPS) is 23.0. The standard InChI is InChI=1S/C22H24N4O2S/c1-4-10-23-21-25(24-13-16-8-9-17-12-19(16)22(17,2)3)20(14-29-21)15-6-5-7-18(11-15)26(27)28/h4-8,11,13-14,17,19H,1,9-10,12H2,2-3H3. The minimum atomic E-state index is -0.381. The Labute approximate surface area is 173 Å². The lowest BCUT2D eigenvalue weighted by molar-refractivity contribution is -0.384. The van der Waals surface area contributed by atoms with Crippen molar-refractivity contribution in [1.29, 1.82) is 0 Å². The first-order valence-electron chi connectivity index (χ1n) is 9.73. The zero-order valence-electron chi connectivity index (χ0n) is 16.6. The van der Waals surface area contributed by atoms with E-state index < -0.39 is 0 Å². The van der Waals surface area contributed by atoms with Crippen LogP contribution in [-0.4, -0.2) is 22.4 Å². The van der Waals surface area contributed by atoms with E-state index in [2.05, 4.69) is 31.5 Å². The van der Waals surface area contributed by atoms with Crippen LogP contribution in [0.2, 0.25) is 0 Å². The van der Waals surface area contributed by atoms with Crippen LogP contribution in [0.4, 0.5) is 5.69 Å². The Balaban J connectivity index is 1.75. The Morgan fingerprint density at radius 3 is 2.97 bits per heavy atom. The maximum atomic E-state index is 11.2. The molecule has 0 saturated heterocycles. The number of non-ortho nitro benzene ring substituents is 1. The Hall–Kier alpha value is -2.80.